The van der Waals surface area contributed by atoms with Crippen molar-refractivity contribution in [1.82, 2.24) is 29.4 Å². The Labute approximate surface area is 173 Å². The molecular weight excluding hydrogens is 404 g/mol. The molecule has 0 radical (unpaired) electrons. The number of nitrogens with one attached hydrogen (secondary N) is 1. The Bertz CT molecular complexity index is 1260. The van der Waals surface area contributed by atoms with Crippen molar-refractivity contribution in [3.63, 3.8) is 0 Å². The Morgan fingerprint density at radius 2 is 1.80 bits per heavy atom. The largest absolute Gasteiger partial charge is 0.419 e. The van der Waals surface area contributed by atoms with E-state index in [1.807, 2.05) is 30.3 Å². The molecule has 30 heavy (non-hydrogen) atoms. The summed E-state index contributed by atoms with van der Waals surface area (Å²) < 4.78 is 33.5. The van der Waals surface area contributed by atoms with Gasteiger partial charge in [0.25, 0.3) is 0 Å². The normalized spacial score (nSPS) is 16.3. The van der Waals surface area contributed by atoms with Gasteiger partial charge in [-0.3, -0.25) is 4.90 Å². The van der Waals surface area contributed by atoms with Gasteiger partial charge in [-0.25, -0.2) is 13.4 Å². The van der Waals surface area contributed by atoms with Crippen LogP contribution in [0.4, 0.5) is 0 Å². The van der Waals surface area contributed by atoms with Crippen LogP contribution in [0.5, 0.6) is 0 Å². The summed E-state index contributed by atoms with van der Waals surface area (Å²) in [6.07, 6.45) is 3.15. The van der Waals surface area contributed by atoms with Crippen molar-refractivity contribution in [1.29, 1.82) is 0 Å². The molecule has 5 rings (SSSR count). The second-order valence-electron chi connectivity index (χ2n) is 7.10. The predicted molar refractivity (Wildman–Crippen MR) is 110 cm³/mol. The quantitative estimate of drug-likeness (QED) is 0.523. The monoisotopic (exact) mass is 424 g/mol. The minimum absolute atomic E-state index is 0.267. The van der Waals surface area contributed by atoms with Gasteiger partial charge < -0.3 is 9.40 Å². The number of fused-ring (bicyclic) bond motifs is 1. The number of nitrogens with zero attached hydrogens (tertiary/aromatic N) is 5. The lowest BCUT2D eigenvalue weighted by Crippen LogP contribution is -2.48. The fourth-order valence-corrected chi connectivity index (χ4v) is 5.19. The highest BCUT2D eigenvalue weighted by atomic mass is 32.2. The molecule has 0 saturated carbocycles. The van der Waals surface area contributed by atoms with Crippen LogP contribution in [0.1, 0.15) is 5.89 Å². The first-order valence-corrected chi connectivity index (χ1v) is 11.1. The van der Waals surface area contributed by atoms with Crippen LogP contribution < -0.4 is 0 Å². The van der Waals surface area contributed by atoms with Crippen molar-refractivity contribution in [2.45, 2.75) is 11.4 Å². The maximum atomic E-state index is 13.1. The maximum Gasteiger partial charge on any atom is 0.247 e. The van der Waals surface area contributed by atoms with Crippen LogP contribution in [0, 0.1) is 0 Å². The summed E-state index contributed by atoms with van der Waals surface area (Å²) in [5, 5.41) is 8.85. The second-order valence-corrected chi connectivity index (χ2v) is 9.01. The number of hydrogen-bond donors (Lipinski definition) is 1. The first kappa shape index (κ1) is 18.9. The van der Waals surface area contributed by atoms with E-state index in [9.17, 15) is 8.42 Å². The van der Waals surface area contributed by atoms with Crippen molar-refractivity contribution in [2.24, 2.45) is 0 Å². The van der Waals surface area contributed by atoms with E-state index in [1.165, 1.54) is 10.5 Å². The molecule has 3 aromatic heterocycles. The fourth-order valence-electron chi connectivity index (χ4n) is 3.62. The third kappa shape index (κ3) is 3.49. The minimum atomic E-state index is -3.59. The first-order chi connectivity index (χ1) is 14.6. The lowest BCUT2D eigenvalue weighted by atomic mass is 10.2. The molecule has 1 fully saturated rings. The fraction of sp³-hybridized carbons (Fsp3) is 0.250. The number of rotatable bonds is 5. The van der Waals surface area contributed by atoms with E-state index in [0.717, 1.165) is 5.56 Å². The highest BCUT2D eigenvalue weighted by Crippen LogP contribution is 2.25. The van der Waals surface area contributed by atoms with Crippen LogP contribution in [-0.4, -0.2) is 64.0 Å². The first-order valence-electron chi connectivity index (χ1n) is 9.64. The predicted octanol–water partition coefficient (Wildman–Crippen LogP) is 2.12. The molecule has 0 spiro atoms. The van der Waals surface area contributed by atoms with Crippen molar-refractivity contribution >= 4 is 21.1 Å². The zero-order valence-electron chi connectivity index (χ0n) is 16.1. The molecule has 0 amide bonds. The molecule has 1 aliphatic heterocycles. The zero-order valence-corrected chi connectivity index (χ0v) is 16.9. The van der Waals surface area contributed by atoms with Crippen LogP contribution in [0.2, 0.25) is 0 Å². The summed E-state index contributed by atoms with van der Waals surface area (Å²) in [5.74, 6) is 1.01. The molecule has 10 heteroatoms. The minimum Gasteiger partial charge on any atom is -0.419 e. The molecule has 9 nitrogen and oxygen atoms in total. The number of pyridine rings is 1. The number of hydrogen-bond acceptors (Lipinski definition) is 7. The van der Waals surface area contributed by atoms with Gasteiger partial charge in [-0.1, -0.05) is 18.2 Å². The summed E-state index contributed by atoms with van der Waals surface area (Å²) in [5.41, 5.74) is 1.45. The number of aromatic nitrogens is 4. The standard InChI is InChI=1S/C20H20N6O3S/c27-30(28,17-13-22-19-16(17)7-4-8-21-19)26-11-9-25(10-12-26)14-18-23-24-20(29-18)15-5-2-1-3-6-15/h1-8,13H,9-12,14H2,(H,21,22). The van der Waals surface area contributed by atoms with Crippen molar-refractivity contribution in [3.05, 3.63) is 60.7 Å². The number of benzene rings is 1. The number of H-pyrrole nitrogens is 1. The Morgan fingerprint density at radius 3 is 2.60 bits per heavy atom. The highest BCUT2D eigenvalue weighted by molar-refractivity contribution is 7.89. The number of piperazine rings is 1. The van der Waals surface area contributed by atoms with Crippen molar-refractivity contribution in [3.8, 4) is 11.5 Å². The molecule has 1 N–H and O–H groups in total. The maximum absolute atomic E-state index is 13.1. The van der Waals surface area contributed by atoms with Gasteiger partial charge in [0.15, 0.2) is 0 Å². The average molecular weight is 424 g/mol. The highest BCUT2D eigenvalue weighted by Gasteiger charge is 2.31. The molecule has 0 bridgehead atoms. The molecule has 1 aliphatic rings. The van der Waals surface area contributed by atoms with Gasteiger partial charge in [-0.05, 0) is 24.3 Å². The van der Waals surface area contributed by atoms with E-state index >= 15 is 0 Å². The van der Waals surface area contributed by atoms with Crippen LogP contribution >= 0.6 is 0 Å². The van der Waals surface area contributed by atoms with E-state index in [2.05, 4.69) is 25.1 Å². The summed E-state index contributed by atoms with van der Waals surface area (Å²) in [6.45, 7) is 2.46. The lowest BCUT2D eigenvalue weighted by Gasteiger charge is -2.33. The molecule has 1 aromatic carbocycles. The van der Waals surface area contributed by atoms with E-state index in [1.54, 1.807) is 18.3 Å². The van der Waals surface area contributed by atoms with Crippen LogP contribution in [0.15, 0.2) is 64.2 Å². The van der Waals surface area contributed by atoms with Crippen LogP contribution in [-0.2, 0) is 16.6 Å². The van der Waals surface area contributed by atoms with Gasteiger partial charge in [0.05, 0.1) is 6.54 Å². The Hall–Kier alpha value is -3.08. The van der Waals surface area contributed by atoms with E-state index in [4.69, 9.17) is 4.42 Å². The van der Waals surface area contributed by atoms with Gasteiger partial charge >= 0.3 is 0 Å². The van der Waals surface area contributed by atoms with E-state index < -0.39 is 10.0 Å². The Balaban J connectivity index is 1.25. The van der Waals surface area contributed by atoms with E-state index in [0.29, 0.717) is 55.5 Å². The Morgan fingerprint density at radius 1 is 1.00 bits per heavy atom. The zero-order chi connectivity index (χ0) is 20.6. The Kier molecular flexibility index (Phi) is 4.81. The van der Waals surface area contributed by atoms with Gasteiger partial charge in [-0.2, -0.15) is 4.31 Å². The van der Waals surface area contributed by atoms with Gasteiger partial charge in [0.2, 0.25) is 21.8 Å². The summed E-state index contributed by atoms with van der Waals surface area (Å²) in [7, 11) is -3.59. The third-order valence-corrected chi connectivity index (χ3v) is 7.15. The molecule has 0 atom stereocenters. The van der Waals surface area contributed by atoms with Gasteiger partial charge in [0, 0.05) is 49.5 Å². The molecule has 154 valence electrons. The van der Waals surface area contributed by atoms with Crippen LogP contribution in [0.25, 0.3) is 22.5 Å². The van der Waals surface area contributed by atoms with Crippen molar-refractivity contribution < 1.29 is 12.8 Å². The molecule has 4 aromatic rings. The van der Waals surface area contributed by atoms with Crippen LogP contribution in [0.3, 0.4) is 0 Å². The topological polar surface area (TPSA) is 108 Å². The smallest absolute Gasteiger partial charge is 0.247 e. The lowest BCUT2D eigenvalue weighted by molar-refractivity contribution is 0.168. The molecule has 4 heterocycles. The molecular formula is C20H20N6O3S. The average Bonchev–Trinajstić information content (AvgIpc) is 3.42. The molecule has 0 unspecified atom stereocenters. The number of sulfonamides is 1. The van der Waals surface area contributed by atoms with Crippen molar-refractivity contribution in [2.75, 3.05) is 26.2 Å². The van der Waals surface area contributed by atoms with Gasteiger partial charge in [0.1, 0.15) is 10.5 Å². The molecule has 0 aliphatic carbocycles. The third-order valence-electron chi connectivity index (χ3n) is 5.21. The van der Waals surface area contributed by atoms with E-state index in [-0.39, 0.29) is 4.90 Å². The second kappa shape index (κ2) is 7.63. The summed E-state index contributed by atoms with van der Waals surface area (Å²) in [4.78, 5) is 9.49. The molecule has 1 saturated heterocycles. The number of aromatic amines is 1. The van der Waals surface area contributed by atoms with Gasteiger partial charge in [-0.15, -0.1) is 10.2 Å². The SMILES string of the molecule is O=S(=O)(c1c[nH]c2ncccc12)N1CCN(Cc2nnc(-c3ccccc3)o2)CC1. The summed E-state index contributed by atoms with van der Waals surface area (Å²) in [6, 6.07) is 13.1. The summed E-state index contributed by atoms with van der Waals surface area (Å²) >= 11 is 0.